The van der Waals surface area contributed by atoms with Crippen molar-refractivity contribution in [2.75, 3.05) is 20.3 Å². The van der Waals surface area contributed by atoms with E-state index < -0.39 is 17.8 Å². The fourth-order valence-corrected chi connectivity index (χ4v) is 1.78. The lowest BCUT2D eigenvalue weighted by molar-refractivity contribution is -0.120. The molecule has 1 rings (SSSR count). The lowest BCUT2D eigenvalue weighted by atomic mass is 10.1. The van der Waals surface area contributed by atoms with Crippen molar-refractivity contribution in [2.24, 2.45) is 5.73 Å². The van der Waals surface area contributed by atoms with Crippen LogP contribution in [-0.4, -0.2) is 26.2 Å². The predicted molar refractivity (Wildman–Crippen MR) is 65.9 cm³/mol. The number of nitrogens with one attached hydrogen (secondary N) is 1. The molecule has 0 saturated carbocycles. The van der Waals surface area contributed by atoms with Crippen LogP contribution in [0.15, 0.2) is 22.7 Å². The summed E-state index contributed by atoms with van der Waals surface area (Å²) in [7, 11) is 1.54. The summed E-state index contributed by atoms with van der Waals surface area (Å²) in [5, 5.41) is 2.84. The summed E-state index contributed by atoms with van der Waals surface area (Å²) in [6.45, 7) is 0.829. The van der Waals surface area contributed by atoms with Crippen LogP contribution in [-0.2, 0) is 9.53 Å². The van der Waals surface area contributed by atoms with Crippen molar-refractivity contribution in [3.8, 4) is 0 Å². The van der Waals surface area contributed by atoms with Crippen LogP contribution < -0.4 is 11.1 Å². The minimum atomic E-state index is -0.859. The van der Waals surface area contributed by atoms with Gasteiger partial charge in [-0.2, -0.15) is 0 Å². The number of amides is 1. The second-order valence-corrected chi connectivity index (χ2v) is 4.36. The van der Waals surface area contributed by atoms with Gasteiger partial charge in [0.25, 0.3) is 0 Å². The zero-order valence-electron chi connectivity index (χ0n) is 9.37. The molecule has 0 bridgehead atoms. The molecule has 4 nitrogen and oxygen atoms in total. The lowest BCUT2D eigenvalue weighted by Gasteiger charge is -2.16. The first-order chi connectivity index (χ1) is 8.06. The highest BCUT2D eigenvalue weighted by atomic mass is 79.9. The molecular weight excluding hydrogens is 291 g/mol. The summed E-state index contributed by atoms with van der Waals surface area (Å²) in [6, 6.07) is 3.52. The third kappa shape index (κ3) is 4.07. The Morgan fingerprint density at radius 1 is 1.65 bits per heavy atom. The molecule has 0 saturated heterocycles. The van der Waals surface area contributed by atoms with Gasteiger partial charge in [0.05, 0.1) is 6.61 Å². The molecule has 0 aliphatic rings. The van der Waals surface area contributed by atoms with Gasteiger partial charge in [-0.15, -0.1) is 0 Å². The van der Waals surface area contributed by atoms with Crippen molar-refractivity contribution in [3.05, 3.63) is 34.1 Å². The molecule has 0 fully saturated rings. The van der Waals surface area contributed by atoms with Crippen molar-refractivity contribution >= 4 is 21.8 Å². The largest absolute Gasteiger partial charge is 0.383 e. The summed E-state index contributed by atoms with van der Waals surface area (Å²) in [5.41, 5.74) is 5.47. The number of hydrogen-bond donors (Lipinski definition) is 2. The molecule has 0 spiro atoms. The Hall–Kier alpha value is -0.980. The van der Waals surface area contributed by atoms with Crippen LogP contribution in [0.1, 0.15) is 11.6 Å². The van der Waals surface area contributed by atoms with E-state index in [1.165, 1.54) is 12.1 Å². The maximum atomic E-state index is 13.6. The summed E-state index contributed by atoms with van der Waals surface area (Å²) in [4.78, 5) is 11.3. The van der Waals surface area contributed by atoms with E-state index in [2.05, 4.69) is 21.2 Å². The Morgan fingerprint density at radius 3 is 2.94 bits per heavy atom. The fourth-order valence-electron chi connectivity index (χ4n) is 1.40. The number of hydrogen-bond acceptors (Lipinski definition) is 3. The highest BCUT2D eigenvalue weighted by Gasteiger charge is 2.20. The van der Waals surface area contributed by atoms with Gasteiger partial charge in [0.15, 0.2) is 0 Å². The van der Waals surface area contributed by atoms with Crippen LogP contribution in [0, 0.1) is 5.82 Å². The molecule has 0 aliphatic heterocycles. The first-order valence-corrected chi connectivity index (χ1v) is 5.82. The van der Waals surface area contributed by atoms with Crippen LogP contribution in [0.25, 0.3) is 0 Å². The van der Waals surface area contributed by atoms with Crippen molar-refractivity contribution in [2.45, 2.75) is 6.04 Å². The molecule has 3 N–H and O–H groups in total. The molecular formula is C11H14BrFN2O2. The number of nitrogens with two attached hydrogens (primary N) is 1. The van der Waals surface area contributed by atoms with E-state index in [0.29, 0.717) is 17.6 Å². The van der Waals surface area contributed by atoms with Gasteiger partial charge in [0.1, 0.15) is 11.9 Å². The van der Waals surface area contributed by atoms with E-state index in [1.807, 2.05) is 0 Å². The van der Waals surface area contributed by atoms with Crippen LogP contribution in [0.2, 0.25) is 0 Å². The molecule has 1 aromatic rings. The summed E-state index contributed by atoms with van der Waals surface area (Å²) in [6.07, 6.45) is 0. The quantitative estimate of drug-likeness (QED) is 0.780. The summed E-state index contributed by atoms with van der Waals surface area (Å²) >= 11 is 3.22. The van der Waals surface area contributed by atoms with E-state index in [0.717, 1.165) is 0 Å². The Morgan fingerprint density at radius 2 is 2.35 bits per heavy atom. The maximum Gasteiger partial charge on any atom is 0.239 e. The van der Waals surface area contributed by atoms with E-state index in [4.69, 9.17) is 10.5 Å². The molecule has 1 unspecified atom stereocenters. The van der Waals surface area contributed by atoms with Gasteiger partial charge >= 0.3 is 0 Å². The maximum absolute atomic E-state index is 13.6. The van der Waals surface area contributed by atoms with E-state index >= 15 is 0 Å². The molecule has 0 radical (unpaired) electrons. The van der Waals surface area contributed by atoms with Gasteiger partial charge < -0.3 is 10.5 Å². The van der Waals surface area contributed by atoms with Crippen LogP contribution in [0.5, 0.6) is 0 Å². The number of halogens is 2. The Bertz CT molecular complexity index is 401. The van der Waals surface area contributed by atoms with Gasteiger partial charge in [-0.1, -0.05) is 15.9 Å². The molecule has 1 amide bonds. The summed E-state index contributed by atoms with van der Waals surface area (Å²) in [5.74, 6) is -1.10. The SMILES string of the molecule is COCCNC(C(N)=O)c1cc(Br)ccc1F. The highest BCUT2D eigenvalue weighted by molar-refractivity contribution is 9.10. The van der Waals surface area contributed by atoms with E-state index in [1.54, 1.807) is 13.2 Å². The molecule has 1 aromatic carbocycles. The fraction of sp³-hybridized carbons (Fsp3) is 0.364. The molecule has 6 heteroatoms. The number of benzene rings is 1. The monoisotopic (exact) mass is 304 g/mol. The minimum absolute atomic E-state index is 0.225. The number of primary amides is 1. The van der Waals surface area contributed by atoms with Crippen molar-refractivity contribution in [3.63, 3.8) is 0 Å². The van der Waals surface area contributed by atoms with Gasteiger partial charge in [0.2, 0.25) is 5.91 Å². The second kappa shape index (κ2) is 6.68. The standard InChI is InChI=1S/C11H14BrFN2O2/c1-17-5-4-15-10(11(14)16)8-6-7(12)2-3-9(8)13/h2-3,6,10,15H,4-5H2,1H3,(H2,14,16). The van der Waals surface area contributed by atoms with Crippen molar-refractivity contribution < 1.29 is 13.9 Å². The van der Waals surface area contributed by atoms with Crippen molar-refractivity contribution in [1.29, 1.82) is 0 Å². The molecule has 0 heterocycles. The molecule has 0 aliphatic carbocycles. The third-order valence-electron chi connectivity index (χ3n) is 2.21. The number of carbonyl (C=O) groups excluding carboxylic acids is 1. The number of ether oxygens (including phenoxy) is 1. The Kier molecular flexibility index (Phi) is 5.54. The normalized spacial score (nSPS) is 12.4. The van der Waals surface area contributed by atoms with Gasteiger partial charge in [-0.05, 0) is 18.2 Å². The van der Waals surface area contributed by atoms with Crippen molar-refractivity contribution in [1.82, 2.24) is 5.32 Å². The van der Waals surface area contributed by atoms with E-state index in [9.17, 15) is 9.18 Å². The summed E-state index contributed by atoms with van der Waals surface area (Å²) < 4.78 is 19.1. The lowest BCUT2D eigenvalue weighted by Crippen LogP contribution is -2.36. The first-order valence-electron chi connectivity index (χ1n) is 5.03. The Labute approximate surface area is 107 Å². The molecule has 94 valence electrons. The number of methoxy groups -OCH3 is 1. The van der Waals surface area contributed by atoms with Crippen LogP contribution in [0.3, 0.4) is 0 Å². The zero-order valence-corrected chi connectivity index (χ0v) is 11.0. The minimum Gasteiger partial charge on any atom is -0.383 e. The van der Waals surface area contributed by atoms with E-state index in [-0.39, 0.29) is 5.56 Å². The molecule has 1 atom stereocenters. The van der Waals surface area contributed by atoms with Crippen LogP contribution in [0.4, 0.5) is 4.39 Å². The highest BCUT2D eigenvalue weighted by Crippen LogP contribution is 2.21. The van der Waals surface area contributed by atoms with Gasteiger partial charge in [0, 0.05) is 23.7 Å². The average molecular weight is 305 g/mol. The molecule has 17 heavy (non-hydrogen) atoms. The smallest absolute Gasteiger partial charge is 0.239 e. The predicted octanol–water partition coefficient (Wildman–Crippen LogP) is 1.35. The zero-order chi connectivity index (χ0) is 12.8. The Balaban J connectivity index is 2.89. The van der Waals surface area contributed by atoms with Crippen LogP contribution >= 0.6 is 15.9 Å². The molecule has 0 aromatic heterocycles. The average Bonchev–Trinajstić information content (AvgIpc) is 2.28. The third-order valence-corrected chi connectivity index (χ3v) is 2.70. The topological polar surface area (TPSA) is 64.3 Å². The first kappa shape index (κ1) is 14.1. The number of carbonyl (C=O) groups is 1. The van der Waals surface area contributed by atoms with Gasteiger partial charge in [-0.25, -0.2) is 4.39 Å². The van der Waals surface area contributed by atoms with Gasteiger partial charge in [-0.3, -0.25) is 10.1 Å². The second-order valence-electron chi connectivity index (χ2n) is 3.45. The number of rotatable bonds is 6.